The summed E-state index contributed by atoms with van der Waals surface area (Å²) in [6, 6.07) is 12.1. The smallest absolute Gasteiger partial charge is 0.142 e. The van der Waals surface area contributed by atoms with E-state index < -0.39 is 5.82 Å². The lowest BCUT2D eigenvalue weighted by atomic mass is 10.0. The van der Waals surface area contributed by atoms with Crippen LogP contribution in [0.3, 0.4) is 0 Å². The average molecular weight is 276 g/mol. The fourth-order valence-electron chi connectivity index (χ4n) is 1.83. The van der Waals surface area contributed by atoms with Crippen molar-refractivity contribution in [2.75, 3.05) is 7.11 Å². The molecule has 0 radical (unpaired) electrons. The first-order chi connectivity index (χ1) is 9.15. The Morgan fingerprint density at radius 3 is 2.53 bits per heavy atom. The number of methoxy groups -OCH3 is 1. The number of benzene rings is 2. The first-order valence-corrected chi connectivity index (χ1v) is 6.03. The number of nitriles is 1. The van der Waals surface area contributed by atoms with Crippen LogP contribution >= 0.6 is 11.6 Å². The van der Waals surface area contributed by atoms with Crippen LogP contribution in [0.1, 0.15) is 5.56 Å². The maximum atomic E-state index is 13.4. The highest BCUT2D eigenvalue weighted by molar-refractivity contribution is 6.30. The van der Waals surface area contributed by atoms with Crippen molar-refractivity contribution in [3.05, 3.63) is 52.8 Å². The molecule has 2 aromatic carbocycles. The van der Waals surface area contributed by atoms with E-state index >= 15 is 0 Å². The third-order valence-corrected chi connectivity index (χ3v) is 3.12. The second kappa shape index (κ2) is 5.73. The zero-order valence-corrected chi connectivity index (χ0v) is 11.0. The van der Waals surface area contributed by atoms with Gasteiger partial charge >= 0.3 is 0 Å². The number of rotatable bonds is 3. The van der Waals surface area contributed by atoms with Crippen LogP contribution in [0.25, 0.3) is 11.1 Å². The number of hydrogen-bond donors (Lipinski definition) is 0. The average Bonchev–Trinajstić information content (AvgIpc) is 2.42. The molecule has 0 aliphatic heterocycles. The Hall–Kier alpha value is -2.05. The molecular formula is C15H11ClFNO. The van der Waals surface area contributed by atoms with Gasteiger partial charge in [0.2, 0.25) is 0 Å². The largest absolute Gasteiger partial charge is 0.496 e. The van der Waals surface area contributed by atoms with Gasteiger partial charge in [0, 0.05) is 5.56 Å². The van der Waals surface area contributed by atoms with Gasteiger partial charge in [-0.15, -0.1) is 0 Å². The van der Waals surface area contributed by atoms with Gasteiger partial charge in [-0.1, -0.05) is 29.8 Å². The van der Waals surface area contributed by atoms with Gasteiger partial charge in [-0.25, -0.2) is 4.39 Å². The van der Waals surface area contributed by atoms with Crippen molar-refractivity contribution in [3.8, 4) is 22.9 Å². The Morgan fingerprint density at radius 2 is 1.89 bits per heavy atom. The van der Waals surface area contributed by atoms with E-state index in [4.69, 9.17) is 21.6 Å². The highest BCUT2D eigenvalue weighted by atomic mass is 35.5. The molecule has 19 heavy (non-hydrogen) atoms. The normalized spacial score (nSPS) is 10.0. The van der Waals surface area contributed by atoms with E-state index in [2.05, 4.69) is 6.07 Å². The van der Waals surface area contributed by atoms with Crippen molar-refractivity contribution in [2.45, 2.75) is 6.42 Å². The van der Waals surface area contributed by atoms with Gasteiger partial charge in [0.15, 0.2) is 0 Å². The van der Waals surface area contributed by atoms with E-state index in [0.29, 0.717) is 11.3 Å². The van der Waals surface area contributed by atoms with Crippen LogP contribution in [0.4, 0.5) is 4.39 Å². The van der Waals surface area contributed by atoms with E-state index in [-0.39, 0.29) is 11.4 Å². The molecule has 96 valence electrons. The summed E-state index contributed by atoms with van der Waals surface area (Å²) in [5, 5.41) is 8.82. The minimum absolute atomic E-state index is 0.0943. The Kier molecular flexibility index (Phi) is 4.03. The number of halogens is 2. The summed E-state index contributed by atoms with van der Waals surface area (Å²) in [6.45, 7) is 0. The van der Waals surface area contributed by atoms with Crippen molar-refractivity contribution in [2.24, 2.45) is 0 Å². The standard InChI is InChI=1S/C15H11ClFNO/c1-19-15-9-12(3-2-10(15)6-7-18)11-4-5-13(16)14(17)8-11/h2-5,8-9H,6H2,1H3. The van der Waals surface area contributed by atoms with Crippen molar-refractivity contribution in [1.29, 1.82) is 5.26 Å². The molecule has 0 bridgehead atoms. The number of ether oxygens (including phenoxy) is 1. The number of nitrogens with zero attached hydrogens (tertiary/aromatic N) is 1. The molecule has 0 heterocycles. The predicted octanol–water partition coefficient (Wildman–Crippen LogP) is 4.22. The predicted molar refractivity (Wildman–Crippen MR) is 72.7 cm³/mol. The van der Waals surface area contributed by atoms with Crippen LogP contribution in [0, 0.1) is 17.1 Å². The molecule has 4 heteroatoms. The van der Waals surface area contributed by atoms with Gasteiger partial charge in [0.05, 0.1) is 24.6 Å². The van der Waals surface area contributed by atoms with Crippen LogP contribution in [0.2, 0.25) is 5.02 Å². The zero-order valence-electron chi connectivity index (χ0n) is 10.3. The molecule has 0 fully saturated rings. The number of hydrogen-bond acceptors (Lipinski definition) is 2. The molecule has 0 atom stereocenters. The SMILES string of the molecule is COc1cc(-c2ccc(Cl)c(F)c2)ccc1CC#N. The van der Waals surface area contributed by atoms with E-state index in [1.807, 2.05) is 12.1 Å². The van der Waals surface area contributed by atoms with Crippen molar-refractivity contribution >= 4 is 11.6 Å². The first-order valence-electron chi connectivity index (χ1n) is 5.65. The molecule has 0 saturated carbocycles. The molecule has 0 spiro atoms. The molecule has 2 rings (SSSR count). The minimum Gasteiger partial charge on any atom is -0.496 e. The highest BCUT2D eigenvalue weighted by Gasteiger charge is 2.07. The van der Waals surface area contributed by atoms with E-state index in [9.17, 15) is 4.39 Å². The fraction of sp³-hybridized carbons (Fsp3) is 0.133. The molecule has 2 aromatic rings. The molecule has 0 amide bonds. The fourth-order valence-corrected chi connectivity index (χ4v) is 1.95. The lowest BCUT2D eigenvalue weighted by Gasteiger charge is -2.09. The summed E-state index contributed by atoms with van der Waals surface area (Å²) in [7, 11) is 1.54. The molecule has 0 saturated heterocycles. The van der Waals surface area contributed by atoms with Crippen LogP contribution in [0.15, 0.2) is 36.4 Å². The van der Waals surface area contributed by atoms with Gasteiger partial charge < -0.3 is 4.74 Å². The second-order valence-electron chi connectivity index (χ2n) is 3.99. The summed E-state index contributed by atoms with van der Waals surface area (Å²) in [5.74, 6) is 0.161. The van der Waals surface area contributed by atoms with Crippen molar-refractivity contribution < 1.29 is 9.13 Å². The molecule has 0 aromatic heterocycles. The monoisotopic (exact) mass is 275 g/mol. The van der Waals surface area contributed by atoms with E-state index in [1.165, 1.54) is 12.1 Å². The first kappa shape index (κ1) is 13.4. The molecule has 0 aliphatic carbocycles. The molecule has 0 N–H and O–H groups in total. The Morgan fingerprint density at radius 1 is 1.21 bits per heavy atom. The van der Waals surface area contributed by atoms with Gasteiger partial charge in [0.25, 0.3) is 0 Å². The summed E-state index contributed by atoms with van der Waals surface area (Å²) >= 11 is 5.66. The maximum Gasteiger partial charge on any atom is 0.142 e. The third-order valence-electron chi connectivity index (χ3n) is 2.81. The lowest BCUT2D eigenvalue weighted by molar-refractivity contribution is 0.411. The molecule has 0 aliphatic rings. The molecular weight excluding hydrogens is 265 g/mol. The van der Waals surface area contributed by atoms with Crippen molar-refractivity contribution in [1.82, 2.24) is 0 Å². The van der Waals surface area contributed by atoms with E-state index in [0.717, 1.165) is 11.1 Å². The van der Waals surface area contributed by atoms with Gasteiger partial charge in [-0.3, -0.25) is 0 Å². The van der Waals surface area contributed by atoms with Crippen LogP contribution in [0.5, 0.6) is 5.75 Å². The van der Waals surface area contributed by atoms with Crippen molar-refractivity contribution in [3.63, 3.8) is 0 Å². The topological polar surface area (TPSA) is 33.0 Å². The Labute approximate surface area is 116 Å². The Balaban J connectivity index is 2.45. The van der Waals surface area contributed by atoms with Gasteiger partial charge in [-0.05, 0) is 29.3 Å². The molecule has 0 unspecified atom stereocenters. The third kappa shape index (κ3) is 2.86. The Bertz CT molecular complexity index is 649. The summed E-state index contributed by atoms with van der Waals surface area (Å²) in [6.07, 6.45) is 0.276. The maximum absolute atomic E-state index is 13.4. The van der Waals surface area contributed by atoms with Crippen LogP contribution in [-0.4, -0.2) is 7.11 Å². The van der Waals surface area contributed by atoms with Crippen LogP contribution in [-0.2, 0) is 6.42 Å². The summed E-state index contributed by atoms with van der Waals surface area (Å²) < 4.78 is 18.7. The lowest BCUT2D eigenvalue weighted by Crippen LogP contribution is -1.92. The zero-order chi connectivity index (χ0) is 13.8. The quantitative estimate of drug-likeness (QED) is 0.840. The van der Waals surface area contributed by atoms with Gasteiger partial charge in [-0.2, -0.15) is 5.26 Å². The summed E-state index contributed by atoms with van der Waals surface area (Å²) in [5.41, 5.74) is 2.33. The minimum atomic E-state index is -0.459. The summed E-state index contributed by atoms with van der Waals surface area (Å²) in [4.78, 5) is 0. The highest BCUT2D eigenvalue weighted by Crippen LogP contribution is 2.29. The second-order valence-corrected chi connectivity index (χ2v) is 4.40. The van der Waals surface area contributed by atoms with Gasteiger partial charge in [0.1, 0.15) is 11.6 Å². The van der Waals surface area contributed by atoms with E-state index in [1.54, 1.807) is 19.2 Å². The molecule has 2 nitrogen and oxygen atoms in total. The van der Waals surface area contributed by atoms with Crippen LogP contribution < -0.4 is 4.74 Å².